The van der Waals surface area contributed by atoms with Crippen molar-refractivity contribution < 1.29 is 9.47 Å². The average Bonchev–Trinajstić information content (AvgIpc) is 2.90. The first-order valence-electron chi connectivity index (χ1n) is 6.42. The van der Waals surface area contributed by atoms with Crippen LogP contribution in [-0.4, -0.2) is 19.3 Å². The minimum absolute atomic E-state index is 0.491. The quantitative estimate of drug-likeness (QED) is 0.866. The van der Waals surface area contributed by atoms with Crippen LogP contribution in [0.3, 0.4) is 0 Å². The van der Waals surface area contributed by atoms with E-state index in [4.69, 9.17) is 9.47 Å². The molecule has 0 unspecified atom stereocenters. The lowest BCUT2D eigenvalue weighted by Gasteiger charge is -2.15. The fourth-order valence-corrected chi connectivity index (χ4v) is 2.58. The summed E-state index contributed by atoms with van der Waals surface area (Å²) in [5.41, 5.74) is 3.98. The van der Waals surface area contributed by atoms with E-state index in [1.165, 1.54) is 16.7 Å². The second kappa shape index (κ2) is 4.22. The Morgan fingerprint density at radius 1 is 1.24 bits per heavy atom. The normalized spacial score (nSPS) is 16.6. The highest BCUT2D eigenvalue weighted by molar-refractivity contribution is 5.56. The van der Waals surface area contributed by atoms with Gasteiger partial charge < -0.3 is 14.8 Å². The first-order chi connectivity index (χ1) is 8.25. The van der Waals surface area contributed by atoms with Gasteiger partial charge in [0.25, 0.3) is 0 Å². The van der Waals surface area contributed by atoms with Crippen LogP contribution in [0.5, 0.6) is 11.5 Å². The lowest BCUT2D eigenvalue weighted by Crippen LogP contribution is -2.22. The number of rotatable bonds is 3. The molecule has 2 aliphatic rings. The summed E-state index contributed by atoms with van der Waals surface area (Å²) in [5.74, 6) is 2.19. The molecule has 0 saturated heterocycles. The Morgan fingerprint density at radius 2 is 2.06 bits per heavy atom. The Hall–Kier alpha value is -1.22. The van der Waals surface area contributed by atoms with Gasteiger partial charge in [-0.05, 0) is 6.07 Å². The van der Waals surface area contributed by atoms with E-state index in [9.17, 15) is 0 Å². The van der Waals surface area contributed by atoms with Gasteiger partial charge in [-0.3, -0.25) is 0 Å². The molecule has 0 spiro atoms. The summed E-state index contributed by atoms with van der Waals surface area (Å²) in [6.07, 6.45) is 2.03. The summed E-state index contributed by atoms with van der Waals surface area (Å²) in [6, 6.07) is 2.66. The molecule has 0 atom stereocenters. The Kier molecular flexibility index (Phi) is 2.71. The zero-order valence-electron chi connectivity index (χ0n) is 10.5. The fourth-order valence-electron chi connectivity index (χ4n) is 2.58. The van der Waals surface area contributed by atoms with E-state index >= 15 is 0 Å². The Balaban J connectivity index is 1.99. The zero-order chi connectivity index (χ0) is 11.8. The summed E-state index contributed by atoms with van der Waals surface area (Å²) in [7, 11) is 0. The maximum absolute atomic E-state index is 5.79. The molecule has 3 nitrogen and oxygen atoms in total. The maximum atomic E-state index is 5.79. The molecule has 0 aliphatic carbocycles. The van der Waals surface area contributed by atoms with E-state index in [1.54, 1.807) is 0 Å². The minimum Gasteiger partial charge on any atom is -0.493 e. The monoisotopic (exact) mass is 233 g/mol. The Labute approximate surface area is 102 Å². The zero-order valence-corrected chi connectivity index (χ0v) is 10.5. The van der Waals surface area contributed by atoms with Crippen molar-refractivity contribution in [2.24, 2.45) is 0 Å². The molecule has 0 fully saturated rings. The molecular weight excluding hydrogens is 214 g/mol. The van der Waals surface area contributed by atoms with E-state index in [-0.39, 0.29) is 0 Å². The van der Waals surface area contributed by atoms with E-state index in [0.717, 1.165) is 44.1 Å². The first-order valence-corrected chi connectivity index (χ1v) is 6.42. The first kappa shape index (κ1) is 10.9. The highest BCUT2D eigenvalue weighted by Crippen LogP contribution is 2.40. The van der Waals surface area contributed by atoms with E-state index < -0.39 is 0 Å². The molecule has 0 radical (unpaired) electrons. The fraction of sp³-hybridized carbons (Fsp3) is 0.571. The van der Waals surface area contributed by atoms with Crippen molar-refractivity contribution in [2.45, 2.75) is 39.3 Å². The summed E-state index contributed by atoms with van der Waals surface area (Å²) < 4.78 is 11.5. The van der Waals surface area contributed by atoms with Gasteiger partial charge in [-0.15, -0.1) is 0 Å². The maximum Gasteiger partial charge on any atom is 0.127 e. The van der Waals surface area contributed by atoms with Gasteiger partial charge >= 0.3 is 0 Å². The van der Waals surface area contributed by atoms with Crippen molar-refractivity contribution in [2.75, 3.05) is 13.2 Å². The summed E-state index contributed by atoms with van der Waals surface area (Å²) in [5, 5.41) is 3.49. The molecule has 1 N–H and O–H groups in total. The minimum atomic E-state index is 0.491. The number of hydrogen-bond acceptors (Lipinski definition) is 3. The molecule has 3 heteroatoms. The van der Waals surface area contributed by atoms with Gasteiger partial charge in [0.1, 0.15) is 11.5 Å². The van der Waals surface area contributed by atoms with Crippen LogP contribution in [0.15, 0.2) is 6.07 Å². The van der Waals surface area contributed by atoms with E-state index in [2.05, 4.69) is 25.2 Å². The molecule has 0 bridgehead atoms. The molecule has 1 aromatic carbocycles. The van der Waals surface area contributed by atoms with E-state index in [0.29, 0.717) is 6.04 Å². The number of nitrogens with one attached hydrogen (secondary N) is 1. The third-order valence-corrected chi connectivity index (χ3v) is 3.45. The van der Waals surface area contributed by atoms with Crippen LogP contribution >= 0.6 is 0 Å². The number of hydrogen-bond donors (Lipinski definition) is 1. The van der Waals surface area contributed by atoms with Gasteiger partial charge in [0, 0.05) is 42.1 Å². The predicted molar refractivity (Wildman–Crippen MR) is 66.8 cm³/mol. The molecule has 0 amide bonds. The molecule has 1 aromatic rings. The van der Waals surface area contributed by atoms with Crippen LogP contribution in [-0.2, 0) is 19.4 Å². The third-order valence-electron chi connectivity index (χ3n) is 3.45. The topological polar surface area (TPSA) is 30.5 Å². The van der Waals surface area contributed by atoms with Crippen LogP contribution in [0.4, 0.5) is 0 Å². The van der Waals surface area contributed by atoms with Gasteiger partial charge in [-0.2, -0.15) is 0 Å². The average molecular weight is 233 g/mol. The molecule has 17 heavy (non-hydrogen) atoms. The third kappa shape index (κ3) is 1.89. The Bertz CT molecular complexity index is 408. The lowest BCUT2D eigenvalue weighted by molar-refractivity contribution is 0.351. The van der Waals surface area contributed by atoms with E-state index in [1.807, 2.05) is 0 Å². The molecule has 3 rings (SSSR count). The second-order valence-electron chi connectivity index (χ2n) is 5.05. The van der Waals surface area contributed by atoms with Crippen molar-refractivity contribution >= 4 is 0 Å². The van der Waals surface area contributed by atoms with Crippen molar-refractivity contribution in [1.29, 1.82) is 0 Å². The van der Waals surface area contributed by atoms with Gasteiger partial charge in [0.05, 0.1) is 13.2 Å². The molecule has 0 saturated carbocycles. The standard InChI is InChI=1S/C14H19NO2/c1-9(2)15-8-12-11-4-6-16-13(11)7-10-3-5-17-14(10)12/h7,9,15H,3-6,8H2,1-2H3. The smallest absolute Gasteiger partial charge is 0.127 e. The van der Waals surface area contributed by atoms with Crippen molar-refractivity contribution in [3.8, 4) is 11.5 Å². The molecule has 92 valence electrons. The lowest BCUT2D eigenvalue weighted by atomic mass is 9.99. The van der Waals surface area contributed by atoms with Crippen LogP contribution < -0.4 is 14.8 Å². The van der Waals surface area contributed by atoms with Crippen LogP contribution in [0, 0.1) is 0 Å². The van der Waals surface area contributed by atoms with Gasteiger partial charge in [0.15, 0.2) is 0 Å². The van der Waals surface area contributed by atoms with Crippen LogP contribution in [0.2, 0.25) is 0 Å². The molecular formula is C14H19NO2. The predicted octanol–water partition coefficient (Wildman–Crippen LogP) is 2.05. The summed E-state index contributed by atoms with van der Waals surface area (Å²) in [4.78, 5) is 0. The van der Waals surface area contributed by atoms with Crippen molar-refractivity contribution in [3.05, 3.63) is 22.8 Å². The number of benzene rings is 1. The second-order valence-corrected chi connectivity index (χ2v) is 5.05. The van der Waals surface area contributed by atoms with Crippen molar-refractivity contribution in [1.82, 2.24) is 5.32 Å². The van der Waals surface area contributed by atoms with Gasteiger partial charge in [-0.1, -0.05) is 13.8 Å². The summed E-state index contributed by atoms with van der Waals surface area (Å²) in [6.45, 7) is 6.84. The highest BCUT2D eigenvalue weighted by atomic mass is 16.5. The largest absolute Gasteiger partial charge is 0.493 e. The molecule has 0 aromatic heterocycles. The van der Waals surface area contributed by atoms with Crippen molar-refractivity contribution in [3.63, 3.8) is 0 Å². The van der Waals surface area contributed by atoms with Gasteiger partial charge in [-0.25, -0.2) is 0 Å². The SMILES string of the molecule is CC(C)NCc1c2c(cc3c1OCC3)OCC2. The number of ether oxygens (including phenoxy) is 2. The Morgan fingerprint density at radius 3 is 2.88 bits per heavy atom. The molecule has 2 heterocycles. The number of fused-ring (bicyclic) bond motifs is 2. The van der Waals surface area contributed by atoms with Crippen LogP contribution in [0.1, 0.15) is 30.5 Å². The van der Waals surface area contributed by atoms with Gasteiger partial charge in [0.2, 0.25) is 0 Å². The summed E-state index contributed by atoms with van der Waals surface area (Å²) >= 11 is 0. The molecule has 2 aliphatic heterocycles. The highest BCUT2D eigenvalue weighted by Gasteiger charge is 2.26. The van der Waals surface area contributed by atoms with Crippen LogP contribution in [0.25, 0.3) is 0 Å².